The van der Waals surface area contributed by atoms with Crippen molar-refractivity contribution in [2.45, 2.75) is 56.9 Å². The molecule has 0 unspecified atom stereocenters. The maximum Gasteiger partial charge on any atom is 0.231 e. The number of carbonyl (C=O) groups is 2. The SMILES string of the molecule is CN1CCC(C#N)(N2C(=O)CC3(CCCC3)CC2=O)CC1. The van der Waals surface area contributed by atoms with Gasteiger partial charge in [0, 0.05) is 25.9 Å². The minimum Gasteiger partial charge on any atom is -0.306 e. The largest absolute Gasteiger partial charge is 0.306 e. The summed E-state index contributed by atoms with van der Waals surface area (Å²) in [5, 5.41) is 9.66. The maximum atomic E-state index is 12.7. The van der Waals surface area contributed by atoms with Gasteiger partial charge in [-0.1, -0.05) is 12.8 Å². The van der Waals surface area contributed by atoms with Gasteiger partial charge in [-0.3, -0.25) is 14.5 Å². The molecule has 3 rings (SSSR count). The zero-order chi connectivity index (χ0) is 15.1. The highest BCUT2D eigenvalue weighted by atomic mass is 16.2. The standard InChI is InChI=1S/C16H23N3O2/c1-18-8-6-16(12-17,7-9-18)19-13(20)10-15(11-14(19)21)4-2-3-5-15/h2-11H2,1H3. The van der Waals surface area contributed by atoms with Gasteiger partial charge in [0.15, 0.2) is 0 Å². The Balaban J connectivity index is 1.83. The van der Waals surface area contributed by atoms with E-state index < -0.39 is 5.54 Å². The average Bonchev–Trinajstić information content (AvgIpc) is 2.88. The third kappa shape index (κ3) is 2.36. The minimum atomic E-state index is -0.902. The first-order chi connectivity index (χ1) is 10.0. The molecule has 114 valence electrons. The summed E-state index contributed by atoms with van der Waals surface area (Å²) in [5.41, 5.74) is -0.992. The van der Waals surface area contributed by atoms with E-state index in [2.05, 4.69) is 11.0 Å². The van der Waals surface area contributed by atoms with Gasteiger partial charge in [-0.2, -0.15) is 5.26 Å². The molecular formula is C16H23N3O2. The fourth-order valence-electron chi connectivity index (χ4n) is 4.33. The number of hydrogen-bond acceptors (Lipinski definition) is 4. The van der Waals surface area contributed by atoms with Crippen LogP contribution < -0.4 is 0 Å². The highest BCUT2D eigenvalue weighted by Crippen LogP contribution is 2.48. The fourth-order valence-corrected chi connectivity index (χ4v) is 4.33. The third-order valence-electron chi connectivity index (χ3n) is 5.67. The first-order valence-corrected chi connectivity index (χ1v) is 7.96. The Kier molecular flexibility index (Phi) is 3.53. The summed E-state index contributed by atoms with van der Waals surface area (Å²) >= 11 is 0. The number of hydrogen-bond donors (Lipinski definition) is 0. The number of nitrogens with zero attached hydrogens (tertiary/aromatic N) is 3. The number of piperidine rings is 2. The van der Waals surface area contributed by atoms with E-state index in [0.29, 0.717) is 25.7 Å². The molecule has 2 heterocycles. The van der Waals surface area contributed by atoms with Crippen LogP contribution in [0.3, 0.4) is 0 Å². The quantitative estimate of drug-likeness (QED) is 0.689. The second-order valence-electron chi connectivity index (χ2n) is 7.13. The molecule has 0 aromatic carbocycles. The Labute approximate surface area is 125 Å². The molecule has 0 bridgehead atoms. The van der Waals surface area contributed by atoms with Gasteiger partial charge < -0.3 is 4.90 Å². The van der Waals surface area contributed by atoms with Crippen LogP contribution in [-0.2, 0) is 9.59 Å². The molecule has 3 aliphatic rings. The van der Waals surface area contributed by atoms with Gasteiger partial charge in [0.25, 0.3) is 0 Å². The summed E-state index contributed by atoms with van der Waals surface area (Å²) < 4.78 is 0. The van der Waals surface area contributed by atoms with Crippen molar-refractivity contribution in [2.24, 2.45) is 5.41 Å². The van der Waals surface area contributed by atoms with Crippen molar-refractivity contribution in [1.29, 1.82) is 5.26 Å². The zero-order valence-corrected chi connectivity index (χ0v) is 12.7. The van der Waals surface area contributed by atoms with Gasteiger partial charge in [0.1, 0.15) is 5.54 Å². The van der Waals surface area contributed by atoms with E-state index in [9.17, 15) is 14.9 Å². The van der Waals surface area contributed by atoms with Gasteiger partial charge in [-0.25, -0.2) is 0 Å². The van der Waals surface area contributed by atoms with Crippen LogP contribution in [0.5, 0.6) is 0 Å². The van der Waals surface area contributed by atoms with E-state index in [1.165, 1.54) is 4.90 Å². The number of carbonyl (C=O) groups excluding carboxylic acids is 2. The predicted molar refractivity (Wildman–Crippen MR) is 77.1 cm³/mol. The van der Waals surface area contributed by atoms with Crippen molar-refractivity contribution in [1.82, 2.24) is 9.80 Å². The molecule has 21 heavy (non-hydrogen) atoms. The topological polar surface area (TPSA) is 64.4 Å². The van der Waals surface area contributed by atoms with Crippen molar-refractivity contribution in [3.8, 4) is 6.07 Å². The second-order valence-corrected chi connectivity index (χ2v) is 7.13. The summed E-state index contributed by atoms with van der Waals surface area (Å²) in [4.78, 5) is 28.8. The summed E-state index contributed by atoms with van der Waals surface area (Å²) in [6.07, 6.45) is 6.27. The summed E-state index contributed by atoms with van der Waals surface area (Å²) in [5.74, 6) is -0.224. The zero-order valence-electron chi connectivity index (χ0n) is 12.7. The molecule has 2 aliphatic heterocycles. The molecule has 1 spiro atoms. The Bertz CT molecular complexity index is 474. The van der Waals surface area contributed by atoms with E-state index in [1.54, 1.807) is 0 Å². The third-order valence-corrected chi connectivity index (χ3v) is 5.67. The number of likely N-dealkylation sites (tertiary alicyclic amines) is 2. The van der Waals surface area contributed by atoms with Crippen LogP contribution in [0.15, 0.2) is 0 Å². The molecule has 3 fully saturated rings. The molecule has 2 amide bonds. The Morgan fingerprint density at radius 3 is 2.00 bits per heavy atom. The van der Waals surface area contributed by atoms with Gasteiger partial charge >= 0.3 is 0 Å². The number of rotatable bonds is 1. The van der Waals surface area contributed by atoms with Crippen molar-refractivity contribution in [3.63, 3.8) is 0 Å². The molecule has 0 aromatic rings. The smallest absolute Gasteiger partial charge is 0.231 e. The normalized spacial score (nSPS) is 28.9. The lowest BCUT2D eigenvalue weighted by atomic mass is 9.74. The Morgan fingerprint density at radius 2 is 1.52 bits per heavy atom. The van der Waals surface area contributed by atoms with E-state index >= 15 is 0 Å². The monoisotopic (exact) mass is 289 g/mol. The van der Waals surface area contributed by atoms with Crippen LogP contribution >= 0.6 is 0 Å². The van der Waals surface area contributed by atoms with Crippen LogP contribution in [0.1, 0.15) is 51.4 Å². The highest BCUT2D eigenvalue weighted by Gasteiger charge is 2.52. The number of nitriles is 1. The highest BCUT2D eigenvalue weighted by molar-refractivity contribution is 6.00. The van der Waals surface area contributed by atoms with Gasteiger partial charge in [0.2, 0.25) is 11.8 Å². The van der Waals surface area contributed by atoms with E-state index in [-0.39, 0.29) is 17.2 Å². The van der Waals surface area contributed by atoms with Gasteiger partial charge in [-0.05, 0) is 38.1 Å². The predicted octanol–water partition coefficient (Wildman–Crippen LogP) is 1.68. The molecule has 0 aromatic heterocycles. The lowest BCUT2D eigenvalue weighted by Gasteiger charge is -2.47. The lowest BCUT2D eigenvalue weighted by molar-refractivity contribution is -0.160. The number of imide groups is 1. The van der Waals surface area contributed by atoms with Crippen LogP contribution in [-0.4, -0.2) is 47.3 Å². The van der Waals surface area contributed by atoms with E-state index in [4.69, 9.17) is 0 Å². The minimum absolute atomic E-state index is 0.0905. The molecular weight excluding hydrogens is 266 g/mol. The molecule has 0 radical (unpaired) electrons. The van der Waals surface area contributed by atoms with Crippen LogP contribution in [0.2, 0.25) is 0 Å². The number of amides is 2. The molecule has 2 saturated heterocycles. The molecule has 0 atom stereocenters. The summed E-state index contributed by atoms with van der Waals surface area (Å²) in [6, 6.07) is 2.31. The van der Waals surface area contributed by atoms with Crippen LogP contribution in [0.4, 0.5) is 0 Å². The first-order valence-electron chi connectivity index (χ1n) is 7.96. The molecule has 0 N–H and O–H groups in total. The van der Waals surface area contributed by atoms with Crippen molar-refractivity contribution >= 4 is 11.8 Å². The Morgan fingerprint density at radius 1 is 1.00 bits per heavy atom. The fraction of sp³-hybridized carbons (Fsp3) is 0.812. The molecule has 5 nitrogen and oxygen atoms in total. The van der Waals surface area contributed by atoms with Crippen molar-refractivity contribution in [3.05, 3.63) is 0 Å². The first kappa shape index (κ1) is 14.5. The molecule has 1 aliphatic carbocycles. The lowest BCUT2D eigenvalue weighted by Crippen LogP contribution is -2.61. The second kappa shape index (κ2) is 5.10. The van der Waals surface area contributed by atoms with E-state index in [0.717, 1.165) is 38.8 Å². The van der Waals surface area contributed by atoms with Gasteiger partial charge in [-0.15, -0.1) is 0 Å². The van der Waals surface area contributed by atoms with Crippen molar-refractivity contribution in [2.75, 3.05) is 20.1 Å². The van der Waals surface area contributed by atoms with Crippen LogP contribution in [0.25, 0.3) is 0 Å². The van der Waals surface area contributed by atoms with Gasteiger partial charge in [0.05, 0.1) is 6.07 Å². The molecule has 5 heteroatoms. The van der Waals surface area contributed by atoms with E-state index in [1.807, 2.05) is 7.05 Å². The maximum absolute atomic E-state index is 12.7. The average molecular weight is 289 g/mol. The Hall–Kier alpha value is -1.41. The van der Waals surface area contributed by atoms with Crippen molar-refractivity contribution < 1.29 is 9.59 Å². The summed E-state index contributed by atoms with van der Waals surface area (Å²) in [6.45, 7) is 1.52. The van der Waals surface area contributed by atoms with Crippen LogP contribution in [0, 0.1) is 16.7 Å². The summed E-state index contributed by atoms with van der Waals surface area (Å²) in [7, 11) is 2.01. The molecule has 1 saturated carbocycles.